The van der Waals surface area contributed by atoms with Crippen LogP contribution in [0.4, 0.5) is 0 Å². The standard InChI is InChI=1S/C31H38O8Si/c1-31(2,3)40(6,7)37-18-28-30(21-15-26(35-4)29(34)27(16-21)36-5)39-25-14-19(10-11-24(25)38-28)8-9-20-12-22(32)17-23(33)13-20/h8-17,28,30,32-34H,18H2,1-7H3/b9-8-. The van der Waals surface area contributed by atoms with E-state index >= 15 is 0 Å². The minimum absolute atomic E-state index is 0.0182. The Hall–Kier alpha value is -3.82. The Labute approximate surface area is 236 Å². The molecule has 0 fully saturated rings. The number of rotatable bonds is 8. The summed E-state index contributed by atoms with van der Waals surface area (Å²) < 4.78 is 30.4. The van der Waals surface area contributed by atoms with Gasteiger partial charge in [0.15, 0.2) is 43.5 Å². The van der Waals surface area contributed by atoms with E-state index in [1.165, 1.54) is 20.3 Å². The molecule has 2 atom stereocenters. The van der Waals surface area contributed by atoms with Crippen molar-refractivity contribution in [2.45, 2.75) is 51.1 Å². The maximum Gasteiger partial charge on any atom is 0.200 e. The number of hydrogen-bond acceptors (Lipinski definition) is 8. The minimum Gasteiger partial charge on any atom is -0.508 e. The Bertz CT molecular complexity index is 1350. The molecule has 0 spiro atoms. The van der Waals surface area contributed by atoms with Crippen LogP contribution in [0.15, 0.2) is 48.5 Å². The lowest BCUT2D eigenvalue weighted by Gasteiger charge is -2.40. The summed E-state index contributed by atoms with van der Waals surface area (Å²) in [6, 6.07) is 13.4. The van der Waals surface area contributed by atoms with Crippen LogP contribution >= 0.6 is 0 Å². The largest absolute Gasteiger partial charge is 0.508 e. The molecule has 214 valence electrons. The maximum absolute atomic E-state index is 10.5. The van der Waals surface area contributed by atoms with Crippen molar-refractivity contribution in [1.29, 1.82) is 0 Å². The highest BCUT2D eigenvalue weighted by molar-refractivity contribution is 6.74. The van der Waals surface area contributed by atoms with E-state index in [0.717, 1.165) is 5.56 Å². The van der Waals surface area contributed by atoms with Crippen molar-refractivity contribution in [3.63, 3.8) is 0 Å². The number of phenols is 3. The lowest BCUT2D eigenvalue weighted by Crippen LogP contribution is -2.46. The smallest absolute Gasteiger partial charge is 0.200 e. The van der Waals surface area contributed by atoms with E-state index in [9.17, 15) is 15.3 Å². The van der Waals surface area contributed by atoms with E-state index in [0.29, 0.717) is 29.2 Å². The first-order valence-corrected chi connectivity index (χ1v) is 16.0. The second-order valence-electron chi connectivity index (χ2n) is 11.4. The van der Waals surface area contributed by atoms with Crippen LogP contribution in [-0.4, -0.2) is 50.6 Å². The van der Waals surface area contributed by atoms with Gasteiger partial charge in [-0.3, -0.25) is 0 Å². The lowest BCUT2D eigenvalue weighted by atomic mass is 10.0. The van der Waals surface area contributed by atoms with Gasteiger partial charge in [-0.25, -0.2) is 0 Å². The molecule has 8 nitrogen and oxygen atoms in total. The monoisotopic (exact) mass is 566 g/mol. The van der Waals surface area contributed by atoms with Gasteiger partial charge in [-0.1, -0.05) is 39.0 Å². The number of benzene rings is 3. The first-order chi connectivity index (χ1) is 18.8. The van der Waals surface area contributed by atoms with Crippen LogP contribution in [0.3, 0.4) is 0 Å². The molecule has 0 saturated carbocycles. The maximum atomic E-state index is 10.5. The van der Waals surface area contributed by atoms with Crippen LogP contribution < -0.4 is 18.9 Å². The molecule has 0 saturated heterocycles. The fourth-order valence-corrected chi connectivity index (χ4v) is 5.17. The van der Waals surface area contributed by atoms with E-state index < -0.39 is 20.5 Å². The molecule has 40 heavy (non-hydrogen) atoms. The fraction of sp³-hybridized carbons (Fsp3) is 0.355. The van der Waals surface area contributed by atoms with Gasteiger partial charge in [-0.2, -0.15) is 0 Å². The average molecular weight is 567 g/mol. The molecular formula is C31H38O8Si. The molecule has 3 N–H and O–H groups in total. The second kappa shape index (κ2) is 11.3. The van der Waals surface area contributed by atoms with E-state index in [4.69, 9.17) is 23.4 Å². The molecule has 4 rings (SSSR count). The Morgan fingerprint density at radius 2 is 1.40 bits per heavy atom. The van der Waals surface area contributed by atoms with Gasteiger partial charge in [0.2, 0.25) is 5.75 Å². The molecule has 0 radical (unpaired) electrons. The summed E-state index contributed by atoms with van der Waals surface area (Å²) in [4.78, 5) is 0. The molecule has 1 heterocycles. The van der Waals surface area contributed by atoms with Crippen LogP contribution in [0.1, 0.15) is 43.6 Å². The summed E-state index contributed by atoms with van der Waals surface area (Å²) in [6.07, 6.45) is 2.58. The first kappa shape index (κ1) is 29.2. The molecule has 3 aromatic carbocycles. The number of aromatic hydroxyl groups is 3. The number of methoxy groups -OCH3 is 2. The Balaban J connectivity index is 1.69. The quantitative estimate of drug-likeness (QED) is 0.200. The highest BCUT2D eigenvalue weighted by atomic mass is 28.4. The number of hydrogen-bond donors (Lipinski definition) is 3. The molecule has 0 aromatic heterocycles. The molecule has 0 bridgehead atoms. The Morgan fingerprint density at radius 3 is 1.98 bits per heavy atom. The van der Waals surface area contributed by atoms with Crippen molar-refractivity contribution in [3.8, 4) is 40.2 Å². The number of phenolic OH excluding ortho intramolecular Hbond substituents is 3. The summed E-state index contributed by atoms with van der Waals surface area (Å²) in [5, 5.41) is 30.0. The third-order valence-electron chi connectivity index (χ3n) is 7.48. The van der Waals surface area contributed by atoms with Crippen molar-refractivity contribution in [2.75, 3.05) is 20.8 Å². The van der Waals surface area contributed by atoms with E-state index in [1.807, 2.05) is 24.3 Å². The van der Waals surface area contributed by atoms with E-state index in [1.54, 1.807) is 30.3 Å². The van der Waals surface area contributed by atoms with Crippen molar-refractivity contribution < 1.29 is 38.7 Å². The van der Waals surface area contributed by atoms with Gasteiger partial charge in [-0.15, -0.1) is 0 Å². The zero-order chi connectivity index (χ0) is 29.2. The van der Waals surface area contributed by atoms with Crippen LogP contribution in [0.2, 0.25) is 18.1 Å². The summed E-state index contributed by atoms with van der Waals surface area (Å²) >= 11 is 0. The van der Waals surface area contributed by atoms with Crippen LogP contribution in [-0.2, 0) is 4.43 Å². The lowest BCUT2D eigenvalue weighted by molar-refractivity contribution is -0.00946. The van der Waals surface area contributed by atoms with Crippen LogP contribution in [0, 0.1) is 0 Å². The van der Waals surface area contributed by atoms with Crippen LogP contribution in [0.25, 0.3) is 12.2 Å². The SMILES string of the molecule is COc1cc(C2Oc3cc(/C=C\c4cc(O)cc(O)c4)ccc3OC2CO[Si](C)(C)C(C)(C)C)cc(OC)c1O. The van der Waals surface area contributed by atoms with Gasteiger partial charge in [0.25, 0.3) is 0 Å². The molecule has 1 aliphatic rings. The zero-order valence-corrected chi connectivity index (χ0v) is 25.0. The molecule has 2 unspecified atom stereocenters. The third-order valence-corrected chi connectivity index (χ3v) is 12.0. The third kappa shape index (κ3) is 6.32. The number of fused-ring (bicyclic) bond motifs is 1. The topological polar surface area (TPSA) is 107 Å². The Morgan fingerprint density at radius 1 is 0.800 bits per heavy atom. The second-order valence-corrected chi connectivity index (χ2v) is 16.2. The fourth-order valence-electron chi connectivity index (χ4n) is 4.15. The van der Waals surface area contributed by atoms with Crippen molar-refractivity contribution in [2.24, 2.45) is 0 Å². The predicted molar refractivity (Wildman–Crippen MR) is 157 cm³/mol. The van der Waals surface area contributed by atoms with Gasteiger partial charge in [0, 0.05) is 11.6 Å². The Kier molecular flexibility index (Phi) is 8.27. The highest BCUT2D eigenvalue weighted by Crippen LogP contribution is 2.45. The van der Waals surface area contributed by atoms with Crippen molar-refractivity contribution in [3.05, 3.63) is 65.2 Å². The molecule has 1 aliphatic heterocycles. The normalized spacial score (nSPS) is 17.2. The number of ether oxygens (including phenoxy) is 4. The summed E-state index contributed by atoms with van der Waals surface area (Å²) in [5.74, 6) is 1.53. The predicted octanol–water partition coefficient (Wildman–Crippen LogP) is 6.89. The van der Waals surface area contributed by atoms with Gasteiger partial charge < -0.3 is 38.7 Å². The van der Waals surface area contributed by atoms with E-state index in [-0.39, 0.29) is 33.8 Å². The van der Waals surface area contributed by atoms with E-state index in [2.05, 4.69) is 33.9 Å². The van der Waals surface area contributed by atoms with Gasteiger partial charge in [-0.05, 0) is 65.7 Å². The molecule has 3 aromatic rings. The highest BCUT2D eigenvalue weighted by Gasteiger charge is 2.41. The first-order valence-electron chi connectivity index (χ1n) is 13.1. The van der Waals surface area contributed by atoms with Crippen molar-refractivity contribution in [1.82, 2.24) is 0 Å². The minimum atomic E-state index is -2.09. The average Bonchev–Trinajstić information content (AvgIpc) is 2.89. The van der Waals surface area contributed by atoms with Gasteiger partial charge in [0.1, 0.15) is 11.5 Å². The zero-order valence-electron chi connectivity index (χ0n) is 24.0. The molecular weight excluding hydrogens is 528 g/mol. The molecule has 9 heteroatoms. The summed E-state index contributed by atoms with van der Waals surface area (Å²) in [5.41, 5.74) is 2.19. The van der Waals surface area contributed by atoms with Gasteiger partial charge in [0.05, 0.1) is 20.8 Å². The van der Waals surface area contributed by atoms with Crippen LogP contribution in [0.5, 0.6) is 40.2 Å². The summed E-state index contributed by atoms with van der Waals surface area (Å²) in [7, 11) is 0.876. The van der Waals surface area contributed by atoms with Crippen molar-refractivity contribution >= 4 is 20.5 Å². The molecule has 0 aliphatic carbocycles. The van der Waals surface area contributed by atoms with Gasteiger partial charge >= 0.3 is 0 Å². The summed E-state index contributed by atoms with van der Waals surface area (Å²) in [6.45, 7) is 11.3. The molecule has 0 amide bonds.